The molecule has 0 atom stereocenters. The lowest BCUT2D eigenvalue weighted by Gasteiger charge is -2.11. The fourth-order valence-electron chi connectivity index (χ4n) is 1.93. The van der Waals surface area contributed by atoms with Gasteiger partial charge in [0.1, 0.15) is 5.82 Å². The average Bonchev–Trinajstić information content (AvgIpc) is 2.46. The summed E-state index contributed by atoms with van der Waals surface area (Å²) in [5.74, 6) is -1.92. The summed E-state index contributed by atoms with van der Waals surface area (Å²) < 4.78 is 13.9. The van der Waals surface area contributed by atoms with Crippen molar-refractivity contribution in [2.45, 2.75) is 0 Å². The van der Waals surface area contributed by atoms with Crippen molar-refractivity contribution in [3.63, 3.8) is 0 Å². The Bertz CT molecular complexity index is 693. The zero-order valence-corrected chi connectivity index (χ0v) is 11.6. The molecule has 0 spiro atoms. The summed E-state index contributed by atoms with van der Waals surface area (Å²) in [5, 5.41) is 8.81. The lowest BCUT2D eigenvalue weighted by Crippen LogP contribution is -2.21. The molecule has 1 N–H and O–H groups in total. The zero-order valence-electron chi connectivity index (χ0n) is 11.6. The van der Waals surface area contributed by atoms with Gasteiger partial charge in [0.2, 0.25) is 0 Å². The number of amides is 1. The van der Waals surface area contributed by atoms with Crippen molar-refractivity contribution in [3.05, 3.63) is 59.4 Å². The van der Waals surface area contributed by atoms with Gasteiger partial charge in [0.25, 0.3) is 5.91 Å². The fourth-order valence-corrected chi connectivity index (χ4v) is 1.93. The van der Waals surface area contributed by atoms with E-state index in [1.54, 1.807) is 38.4 Å². The molecule has 2 aromatic rings. The van der Waals surface area contributed by atoms with Crippen LogP contribution in [-0.2, 0) is 0 Å². The highest BCUT2D eigenvalue weighted by atomic mass is 19.1. The van der Waals surface area contributed by atoms with Crippen LogP contribution in [0, 0.1) is 5.82 Å². The predicted molar refractivity (Wildman–Crippen MR) is 76.8 cm³/mol. The van der Waals surface area contributed by atoms with Gasteiger partial charge in [-0.05, 0) is 29.8 Å². The number of benzene rings is 2. The van der Waals surface area contributed by atoms with Crippen LogP contribution in [0.25, 0.3) is 11.1 Å². The number of carboxylic acids is 1. The molecule has 0 aliphatic heterocycles. The molecule has 0 bridgehead atoms. The second kappa shape index (κ2) is 5.75. The molecule has 108 valence electrons. The Balaban J connectivity index is 2.35. The molecule has 0 saturated carbocycles. The first kappa shape index (κ1) is 14.7. The fraction of sp³-hybridized carbons (Fsp3) is 0.125. The molecule has 0 aromatic heterocycles. The van der Waals surface area contributed by atoms with E-state index in [9.17, 15) is 14.0 Å². The Kier molecular flexibility index (Phi) is 4.03. The van der Waals surface area contributed by atoms with Crippen LogP contribution in [0.2, 0.25) is 0 Å². The zero-order chi connectivity index (χ0) is 15.6. The maximum absolute atomic E-state index is 13.9. The van der Waals surface area contributed by atoms with Crippen LogP contribution in [0.4, 0.5) is 4.39 Å². The average molecular weight is 287 g/mol. The van der Waals surface area contributed by atoms with E-state index in [-0.39, 0.29) is 11.5 Å². The summed E-state index contributed by atoms with van der Waals surface area (Å²) in [6, 6.07) is 10.2. The Morgan fingerprint density at radius 1 is 1.00 bits per heavy atom. The Labute approximate surface area is 121 Å². The third-order valence-corrected chi connectivity index (χ3v) is 3.07. The largest absolute Gasteiger partial charge is 0.478 e. The number of hydrogen-bond donors (Lipinski definition) is 1. The van der Waals surface area contributed by atoms with Gasteiger partial charge in [0, 0.05) is 25.2 Å². The van der Waals surface area contributed by atoms with E-state index in [1.165, 1.54) is 17.0 Å². The molecule has 2 aromatic carbocycles. The number of nitrogens with zero attached hydrogens (tertiary/aromatic N) is 1. The van der Waals surface area contributed by atoms with Crippen molar-refractivity contribution in [1.29, 1.82) is 0 Å². The Morgan fingerprint density at radius 2 is 1.57 bits per heavy atom. The molecule has 2 rings (SSSR count). The smallest absolute Gasteiger partial charge is 0.335 e. The molecule has 1 amide bonds. The number of carbonyl (C=O) groups is 2. The Morgan fingerprint density at radius 3 is 2.05 bits per heavy atom. The van der Waals surface area contributed by atoms with Crippen LogP contribution >= 0.6 is 0 Å². The van der Waals surface area contributed by atoms with Gasteiger partial charge in [-0.2, -0.15) is 0 Å². The lowest BCUT2D eigenvalue weighted by molar-refractivity contribution is 0.0696. The molecule has 0 saturated heterocycles. The first-order valence-electron chi connectivity index (χ1n) is 6.25. The van der Waals surface area contributed by atoms with Crippen LogP contribution < -0.4 is 0 Å². The number of hydrogen-bond acceptors (Lipinski definition) is 2. The van der Waals surface area contributed by atoms with Crippen molar-refractivity contribution in [2.75, 3.05) is 14.1 Å². The summed E-state index contributed by atoms with van der Waals surface area (Å²) in [6.45, 7) is 0. The van der Waals surface area contributed by atoms with Gasteiger partial charge >= 0.3 is 5.97 Å². The van der Waals surface area contributed by atoms with E-state index in [1.807, 2.05) is 0 Å². The number of halogens is 1. The highest BCUT2D eigenvalue weighted by molar-refractivity contribution is 5.94. The lowest BCUT2D eigenvalue weighted by atomic mass is 10.0. The molecule has 0 radical (unpaired) electrons. The van der Waals surface area contributed by atoms with E-state index >= 15 is 0 Å². The Hall–Kier alpha value is -2.69. The number of rotatable bonds is 3. The van der Waals surface area contributed by atoms with Gasteiger partial charge in [-0.3, -0.25) is 4.79 Å². The van der Waals surface area contributed by atoms with Gasteiger partial charge in [-0.25, -0.2) is 9.18 Å². The van der Waals surface area contributed by atoms with E-state index in [0.717, 1.165) is 6.07 Å². The third-order valence-electron chi connectivity index (χ3n) is 3.07. The standard InChI is InChI=1S/C16H14FNO3/c1-18(2)15(19)11-5-3-10(4-6-11)13-8-7-12(16(20)21)9-14(13)17/h3-9H,1-2H3,(H,20,21). The minimum atomic E-state index is -1.17. The molecule has 0 heterocycles. The summed E-state index contributed by atoms with van der Waals surface area (Å²) in [4.78, 5) is 24.0. The van der Waals surface area contributed by atoms with Gasteiger partial charge in [-0.15, -0.1) is 0 Å². The maximum atomic E-state index is 13.9. The van der Waals surface area contributed by atoms with Crippen LogP contribution in [0.3, 0.4) is 0 Å². The van der Waals surface area contributed by atoms with Crippen LogP contribution in [-0.4, -0.2) is 36.0 Å². The summed E-state index contributed by atoms with van der Waals surface area (Å²) >= 11 is 0. The van der Waals surface area contributed by atoms with Gasteiger partial charge in [0.15, 0.2) is 0 Å². The first-order valence-corrected chi connectivity index (χ1v) is 6.25. The highest BCUT2D eigenvalue weighted by Crippen LogP contribution is 2.24. The molecule has 5 heteroatoms. The minimum Gasteiger partial charge on any atom is -0.478 e. The predicted octanol–water partition coefficient (Wildman–Crippen LogP) is 2.89. The number of aromatic carboxylic acids is 1. The molecule has 0 aliphatic rings. The second-order valence-corrected chi connectivity index (χ2v) is 4.78. The van der Waals surface area contributed by atoms with Crippen LogP contribution in [0.1, 0.15) is 20.7 Å². The van der Waals surface area contributed by atoms with Crippen molar-refractivity contribution in [2.24, 2.45) is 0 Å². The van der Waals surface area contributed by atoms with Crippen molar-refractivity contribution < 1.29 is 19.1 Å². The molecule has 21 heavy (non-hydrogen) atoms. The summed E-state index contributed by atoms with van der Waals surface area (Å²) in [7, 11) is 3.31. The van der Waals surface area contributed by atoms with E-state index in [2.05, 4.69) is 0 Å². The van der Waals surface area contributed by atoms with Crippen LogP contribution in [0.5, 0.6) is 0 Å². The van der Waals surface area contributed by atoms with Crippen molar-refractivity contribution >= 4 is 11.9 Å². The van der Waals surface area contributed by atoms with Crippen LogP contribution in [0.15, 0.2) is 42.5 Å². The van der Waals surface area contributed by atoms with E-state index < -0.39 is 11.8 Å². The van der Waals surface area contributed by atoms with Crippen molar-refractivity contribution in [3.8, 4) is 11.1 Å². The van der Waals surface area contributed by atoms with E-state index in [0.29, 0.717) is 16.7 Å². The quantitative estimate of drug-likeness (QED) is 0.944. The topological polar surface area (TPSA) is 57.6 Å². The number of carbonyl (C=O) groups excluding carboxylic acids is 1. The third kappa shape index (κ3) is 3.08. The van der Waals surface area contributed by atoms with Crippen molar-refractivity contribution in [1.82, 2.24) is 4.90 Å². The molecule has 0 unspecified atom stereocenters. The maximum Gasteiger partial charge on any atom is 0.335 e. The molecule has 4 nitrogen and oxygen atoms in total. The number of carboxylic acid groups (broad SMARTS) is 1. The second-order valence-electron chi connectivity index (χ2n) is 4.78. The first-order chi connectivity index (χ1) is 9.90. The normalized spacial score (nSPS) is 10.2. The molecular weight excluding hydrogens is 273 g/mol. The van der Waals surface area contributed by atoms with Gasteiger partial charge < -0.3 is 10.0 Å². The minimum absolute atomic E-state index is 0.101. The molecular formula is C16H14FNO3. The monoisotopic (exact) mass is 287 g/mol. The molecule has 0 fully saturated rings. The highest BCUT2D eigenvalue weighted by Gasteiger charge is 2.11. The molecule has 0 aliphatic carbocycles. The van der Waals surface area contributed by atoms with E-state index in [4.69, 9.17) is 5.11 Å². The van der Waals surface area contributed by atoms with Gasteiger partial charge in [-0.1, -0.05) is 18.2 Å². The summed E-state index contributed by atoms with van der Waals surface area (Å²) in [5.41, 5.74) is 1.28. The van der Waals surface area contributed by atoms with Gasteiger partial charge in [0.05, 0.1) is 5.56 Å². The summed E-state index contributed by atoms with van der Waals surface area (Å²) in [6.07, 6.45) is 0. The SMILES string of the molecule is CN(C)C(=O)c1ccc(-c2ccc(C(=O)O)cc2F)cc1.